The van der Waals surface area contributed by atoms with Gasteiger partial charge in [0.15, 0.2) is 0 Å². The van der Waals surface area contributed by atoms with E-state index in [1.807, 2.05) is 0 Å². The SMILES string of the molecule is C=CCCc1ccc(F)c(-c2ccc(C(F)(F)F)cc2)c1. The summed E-state index contributed by atoms with van der Waals surface area (Å²) in [5, 5.41) is 0. The van der Waals surface area contributed by atoms with E-state index in [4.69, 9.17) is 0 Å². The van der Waals surface area contributed by atoms with Gasteiger partial charge in [-0.25, -0.2) is 4.39 Å². The third-order valence-electron chi connectivity index (χ3n) is 3.19. The Morgan fingerprint density at radius 3 is 2.24 bits per heavy atom. The highest BCUT2D eigenvalue weighted by molar-refractivity contribution is 5.65. The van der Waals surface area contributed by atoms with Gasteiger partial charge in [-0.2, -0.15) is 13.2 Å². The van der Waals surface area contributed by atoms with Crippen LogP contribution in [0, 0.1) is 5.82 Å². The summed E-state index contributed by atoms with van der Waals surface area (Å²) < 4.78 is 51.4. The second kappa shape index (κ2) is 6.12. The Balaban J connectivity index is 2.34. The first-order valence-electron chi connectivity index (χ1n) is 6.49. The molecule has 0 N–H and O–H groups in total. The van der Waals surface area contributed by atoms with Crippen LogP contribution in [0.1, 0.15) is 17.5 Å². The van der Waals surface area contributed by atoms with Crippen LogP contribution in [-0.2, 0) is 12.6 Å². The van der Waals surface area contributed by atoms with Crippen molar-refractivity contribution < 1.29 is 17.6 Å². The molecule has 0 aliphatic heterocycles. The predicted octanol–water partition coefficient (Wildman–Crippen LogP) is 5.63. The minimum atomic E-state index is -4.39. The second-order valence-corrected chi connectivity index (χ2v) is 4.72. The largest absolute Gasteiger partial charge is 0.416 e. The molecule has 4 heteroatoms. The number of rotatable bonds is 4. The molecule has 0 fully saturated rings. The molecule has 0 aliphatic carbocycles. The number of alkyl halides is 3. The van der Waals surface area contributed by atoms with E-state index in [2.05, 4.69) is 6.58 Å². The molecule has 110 valence electrons. The number of allylic oxidation sites excluding steroid dienone is 1. The molecule has 0 spiro atoms. The average molecular weight is 294 g/mol. The lowest BCUT2D eigenvalue weighted by Crippen LogP contribution is -2.04. The maximum Gasteiger partial charge on any atom is 0.416 e. The van der Waals surface area contributed by atoms with Gasteiger partial charge in [-0.3, -0.25) is 0 Å². The van der Waals surface area contributed by atoms with E-state index in [1.165, 1.54) is 18.2 Å². The zero-order valence-corrected chi connectivity index (χ0v) is 11.3. The first-order valence-corrected chi connectivity index (χ1v) is 6.49. The maximum absolute atomic E-state index is 13.9. The molecule has 0 saturated carbocycles. The van der Waals surface area contributed by atoms with Crippen LogP contribution >= 0.6 is 0 Å². The summed E-state index contributed by atoms with van der Waals surface area (Å²) in [5.41, 5.74) is 0.923. The van der Waals surface area contributed by atoms with Gasteiger partial charge in [-0.15, -0.1) is 6.58 Å². The summed E-state index contributed by atoms with van der Waals surface area (Å²) in [6, 6.07) is 9.19. The van der Waals surface area contributed by atoms with Crippen molar-refractivity contribution >= 4 is 0 Å². The topological polar surface area (TPSA) is 0 Å². The molecule has 0 atom stereocenters. The van der Waals surface area contributed by atoms with Crippen LogP contribution in [0.4, 0.5) is 17.6 Å². The van der Waals surface area contributed by atoms with E-state index in [0.29, 0.717) is 11.1 Å². The van der Waals surface area contributed by atoms with Crippen LogP contribution in [0.2, 0.25) is 0 Å². The molecule has 2 aromatic rings. The number of aryl methyl sites for hydroxylation is 1. The Labute approximate surface area is 120 Å². The Bertz CT molecular complexity index is 624. The standard InChI is InChI=1S/C17H14F4/c1-2-3-4-12-5-10-16(18)15(11-12)13-6-8-14(9-7-13)17(19,20)21/h2,5-11H,1,3-4H2. The Kier molecular flexibility index (Phi) is 4.46. The zero-order valence-electron chi connectivity index (χ0n) is 11.3. The molecule has 0 unspecified atom stereocenters. The van der Waals surface area contributed by atoms with Gasteiger partial charge < -0.3 is 0 Å². The molecule has 2 rings (SSSR count). The molecule has 0 amide bonds. The highest BCUT2D eigenvalue weighted by Crippen LogP contribution is 2.32. The van der Waals surface area contributed by atoms with Crippen molar-refractivity contribution in [2.45, 2.75) is 19.0 Å². The zero-order chi connectivity index (χ0) is 15.5. The number of hydrogen-bond acceptors (Lipinski definition) is 0. The quantitative estimate of drug-likeness (QED) is 0.506. The molecule has 0 saturated heterocycles. The van der Waals surface area contributed by atoms with Gasteiger partial charge >= 0.3 is 6.18 Å². The molecule has 0 heterocycles. The average Bonchev–Trinajstić information content (AvgIpc) is 2.46. The van der Waals surface area contributed by atoms with Crippen molar-refractivity contribution in [3.63, 3.8) is 0 Å². The smallest absolute Gasteiger partial charge is 0.206 e. The van der Waals surface area contributed by atoms with E-state index in [9.17, 15) is 17.6 Å². The van der Waals surface area contributed by atoms with Gasteiger partial charge in [0, 0.05) is 5.56 Å². The summed E-state index contributed by atoms with van der Waals surface area (Å²) in [4.78, 5) is 0. The number of hydrogen-bond donors (Lipinski definition) is 0. The highest BCUT2D eigenvalue weighted by Gasteiger charge is 2.30. The normalized spacial score (nSPS) is 11.4. The maximum atomic E-state index is 13.9. The van der Waals surface area contributed by atoms with E-state index >= 15 is 0 Å². The van der Waals surface area contributed by atoms with Crippen LogP contribution < -0.4 is 0 Å². The second-order valence-electron chi connectivity index (χ2n) is 4.72. The van der Waals surface area contributed by atoms with Crippen LogP contribution in [0.15, 0.2) is 55.1 Å². The minimum Gasteiger partial charge on any atom is -0.206 e. The molecule has 2 aromatic carbocycles. The minimum absolute atomic E-state index is 0.310. The highest BCUT2D eigenvalue weighted by atomic mass is 19.4. The Morgan fingerprint density at radius 2 is 1.67 bits per heavy atom. The van der Waals surface area contributed by atoms with Crippen molar-refractivity contribution in [2.24, 2.45) is 0 Å². The van der Waals surface area contributed by atoms with Crippen molar-refractivity contribution in [2.75, 3.05) is 0 Å². The molecule has 0 bridgehead atoms. The van der Waals surface area contributed by atoms with E-state index < -0.39 is 17.6 Å². The fourth-order valence-corrected chi connectivity index (χ4v) is 2.06. The molecular formula is C17H14F4. The van der Waals surface area contributed by atoms with Crippen LogP contribution in [0.5, 0.6) is 0 Å². The van der Waals surface area contributed by atoms with Gasteiger partial charge in [0.2, 0.25) is 0 Å². The van der Waals surface area contributed by atoms with Crippen molar-refractivity contribution in [3.05, 3.63) is 72.1 Å². The lowest BCUT2D eigenvalue weighted by molar-refractivity contribution is -0.137. The van der Waals surface area contributed by atoms with Gasteiger partial charge in [0.1, 0.15) is 5.82 Å². The van der Waals surface area contributed by atoms with Gasteiger partial charge in [-0.1, -0.05) is 24.3 Å². The van der Waals surface area contributed by atoms with Gasteiger partial charge in [0.25, 0.3) is 0 Å². The summed E-state index contributed by atoms with van der Waals surface area (Å²) >= 11 is 0. The molecular weight excluding hydrogens is 280 g/mol. The third kappa shape index (κ3) is 3.72. The molecule has 0 aliphatic rings. The lowest BCUT2D eigenvalue weighted by Gasteiger charge is -2.09. The van der Waals surface area contributed by atoms with E-state index in [1.54, 1.807) is 18.2 Å². The van der Waals surface area contributed by atoms with Gasteiger partial charge in [0.05, 0.1) is 5.56 Å². The Morgan fingerprint density at radius 1 is 1.00 bits per heavy atom. The lowest BCUT2D eigenvalue weighted by atomic mass is 9.99. The van der Waals surface area contributed by atoms with E-state index in [0.717, 1.165) is 30.5 Å². The fraction of sp³-hybridized carbons (Fsp3) is 0.176. The van der Waals surface area contributed by atoms with Crippen LogP contribution in [-0.4, -0.2) is 0 Å². The molecule has 21 heavy (non-hydrogen) atoms. The number of benzene rings is 2. The van der Waals surface area contributed by atoms with E-state index in [-0.39, 0.29) is 0 Å². The summed E-state index contributed by atoms with van der Waals surface area (Å²) in [5.74, 6) is -0.447. The molecule has 0 radical (unpaired) electrons. The molecule has 0 nitrogen and oxygen atoms in total. The first-order chi connectivity index (χ1) is 9.91. The van der Waals surface area contributed by atoms with Crippen molar-refractivity contribution in [1.29, 1.82) is 0 Å². The van der Waals surface area contributed by atoms with Crippen LogP contribution in [0.3, 0.4) is 0 Å². The Hall–Kier alpha value is -2.10. The summed E-state index contributed by atoms with van der Waals surface area (Å²) in [6.45, 7) is 3.63. The van der Waals surface area contributed by atoms with Crippen molar-refractivity contribution in [3.8, 4) is 11.1 Å². The molecule has 0 aromatic heterocycles. The predicted molar refractivity (Wildman–Crippen MR) is 75.4 cm³/mol. The van der Waals surface area contributed by atoms with Crippen molar-refractivity contribution in [1.82, 2.24) is 0 Å². The number of halogens is 4. The monoisotopic (exact) mass is 294 g/mol. The fourth-order valence-electron chi connectivity index (χ4n) is 2.06. The first kappa shape index (κ1) is 15.3. The van der Waals surface area contributed by atoms with Crippen LogP contribution in [0.25, 0.3) is 11.1 Å². The summed E-state index contributed by atoms with van der Waals surface area (Å²) in [6.07, 6.45) is -1.14. The summed E-state index contributed by atoms with van der Waals surface area (Å²) in [7, 11) is 0. The third-order valence-corrected chi connectivity index (χ3v) is 3.19. The van der Waals surface area contributed by atoms with Gasteiger partial charge in [-0.05, 0) is 48.2 Å².